The van der Waals surface area contributed by atoms with Gasteiger partial charge in [-0.05, 0) is 6.42 Å². The third-order valence-electron chi connectivity index (χ3n) is 2.70. The second-order valence-corrected chi connectivity index (χ2v) is 3.91. The van der Waals surface area contributed by atoms with E-state index < -0.39 is 5.60 Å². The van der Waals surface area contributed by atoms with Gasteiger partial charge in [0.2, 0.25) is 0 Å². The molecule has 1 fully saturated rings. The molecule has 1 N–H and O–H groups in total. The smallest absolute Gasteiger partial charge is 0.159 e. The summed E-state index contributed by atoms with van der Waals surface area (Å²) in [5.41, 5.74) is -0.735. The second-order valence-electron chi connectivity index (χ2n) is 3.91. The van der Waals surface area contributed by atoms with Gasteiger partial charge >= 0.3 is 0 Å². The number of nitriles is 1. The van der Waals surface area contributed by atoms with Crippen LogP contribution in [-0.2, 0) is 9.47 Å². The fourth-order valence-corrected chi connectivity index (χ4v) is 1.93. The molecule has 4 nitrogen and oxygen atoms in total. The van der Waals surface area contributed by atoms with Crippen LogP contribution >= 0.6 is 0 Å². The molecule has 0 aromatic heterocycles. The lowest BCUT2D eigenvalue weighted by molar-refractivity contribution is -0.115. The van der Waals surface area contributed by atoms with Crippen LogP contribution in [0.3, 0.4) is 0 Å². The molecule has 4 heteroatoms. The van der Waals surface area contributed by atoms with Gasteiger partial charge in [0, 0.05) is 12.8 Å². The van der Waals surface area contributed by atoms with E-state index >= 15 is 0 Å². The number of ether oxygens (including phenoxy) is 2. The molecule has 1 aliphatic heterocycles. The molecule has 1 saturated heterocycles. The predicted molar refractivity (Wildman–Crippen MR) is 55.3 cm³/mol. The second kappa shape index (κ2) is 6.06. The molecular weight excluding hydrogens is 194 g/mol. The van der Waals surface area contributed by atoms with Gasteiger partial charge in [0.15, 0.2) is 5.60 Å². The van der Waals surface area contributed by atoms with Crippen molar-refractivity contribution in [2.75, 3.05) is 19.8 Å². The summed E-state index contributed by atoms with van der Waals surface area (Å²) in [6.45, 7) is 2.86. The Bertz CT molecular complexity index is 224. The van der Waals surface area contributed by atoms with E-state index in [1.54, 1.807) is 0 Å². The van der Waals surface area contributed by atoms with Crippen LogP contribution in [0.4, 0.5) is 0 Å². The van der Waals surface area contributed by atoms with Crippen molar-refractivity contribution >= 4 is 0 Å². The normalized spacial score (nSPS) is 31.1. The molecular formula is C11H19NO3. The number of nitrogens with zero attached hydrogens (tertiary/aromatic N) is 1. The zero-order valence-electron chi connectivity index (χ0n) is 9.24. The average molecular weight is 213 g/mol. The summed E-state index contributed by atoms with van der Waals surface area (Å²) < 4.78 is 11.0. The first-order valence-corrected chi connectivity index (χ1v) is 5.54. The van der Waals surface area contributed by atoms with Crippen LogP contribution in [0.5, 0.6) is 0 Å². The van der Waals surface area contributed by atoms with E-state index in [0.717, 1.165) is 12.8 Å². The molecule has 0 aliphatic carbocycles. The van der Waals surface area contributed by atoms with Crippen molar-refractivity contribution in [3.63, 3.8) is 0 Å². The minimum absolute atomic E-state index is 0.0390. The van der Waals surface area contributed by atoms with Crippen LogP contribution in [0.1, 0.15) is 32.6 Å². The van der Waals surface area contributed by atoms with Gasteiger partial charge in [-0.2, -0.15) is 5.26 Å². The summed E-state index contributed by atoms with van der Waals surface area (Å²) in [4.78, 5) is 0. The Kier molecular flexibility index (Phi) is 5.03. The van der Waals surface area contributed by atoms with Gasteiger partial charge in [0.05, 0.1) is 32.0 Å². The van der Waals surface area contributed by atoms with Gasteiger partial charge in [0.25, 0.3) is 0 Å². The Morgan fingerprint density at radius 3 is 3.07 bits per heavy atom. The maximum absolute atomic E-state index is 9.14. The first-order valence-electron chi connectivity index (χ1n) is 5.54. The van der Waals surface area contributed by atoms with Crippen LogP contribution < -0.4 is 0 Å². The van der Waals surface area contributed by atoms with Crippen molar-refractivity contribution < 1.29 is 14.6 Å². The van der Waals surface area contributed by atoms with Crippen molar-refractivity contribution in [2.45, 2.75) is 44.3 Å². The first-order chi connectivity index (χ1) is 7.26. The highest BCUT2D eigenvalue weighted by Crippen LogP contribution is 2.29. The largest absolute Gasteiger partial charge is 0.394 e. The van der Waals surface area contributed by atoms with Crippen LogP contribution in [-0.4, -0.2) is 36.6 Å². The molecule has 1 rings (SSSR count). The van der Waals surface area contributed by atoms with E-state index in [4.69, 9.17) is 19.8 Å². The van der Waals surface area contributed by atoms with Gasteiger partial charge in [-0.1, -0.05) is 13.3 Å². The molecule has 1 aliphatic rings. The zero-order chi connectivity index (χ0) is 11.1. The molecule has 1 heterocycles. The highest BCUT2D eigenvalue weighted by molar-refractivity contribution is 5.05. The first kappa shape index (κ1) is 12.4. The maximum atomic E-state index is 9.14. The summed E-state index contributed by atoms with van der Waals surface area (Å²) in [5.74, 6) is 0. The summed E-state index contributed by atoms with van der Waals surface area (Å²) in [6.07, 6.45) is 3.36. The highest BCUT2D eigenvalue weighted by Gasteiger charge is 2.37. The Hall–Kier alpha value is -0.630. The standard InChI is InChI=1S/C11H19NO3/c1-2-3-10-8-11(9-12,4-6-14-10)15-7-5-13/h10,13H,2-8H2,1H3. The lowest BCUT2D eigenvalue weighted by Crippen LogP contribution is -2.42. The van der Waals surface area contributed by atoms with Crippen molar-refractivity contribution in [3.8, 4) is 6.07 Å². The Balaban J connectivity index is 2.52. The van der Waals surface area contributed by atoms with E-state index in [2.05, 4.69) is 13.0 Å². The summed E-state index contributed by atoms with van der Waals surface area (Å²) in [7, 11) is 0. The van der Waals surface area contributed by atoms with Gasteiger partial charge < -0.3 is 14.6 Å². The van der Waals surface area contributed by atoms with Crippen molar-refractivity contribution in [2.24, 2.45) is 0 Å². The number of hydrogen-bond donors (Lipinski definition) is 1. The summed E-state index contributed by atoms with van der Waals surface area (Å²) >= 11 is 0. The minimum atomic E-state index is -0.735. The SMILES string of the molecule is CCCC1CC(C#N)(OCCO)CCO1. The monoisotopic (exact) mass is 213 g/mol. The fraction of sp³-hybridized carbons (Fsp3) is 0.909. The molecule has 2 unspecified atom stereocenters. The van der Waals surface area contributed by atoms with Crippen LogP contribution in [0, 0.1) is 11.3 Å². The molecule has 0 saturated carbocycles. The van der Waals surface area contributed by atoms with Crippen molar-refractivity contribution in [1.82, 2.24) is 0 Å². The van der Waals surface area contributed by atoms with E-state index in [9.17, 15) is 0 Å². The topological polar surface area (TPSA) is 62.5 Å². The highest BCUT2D eigenvalue weighted by atomic mass is 16.5. The summed E-state index contributed by atoms with van der Waals surface area (Å²) in [5, 5.41) is 17.9. The Labute approximate surface area is 90.8 Å². The lowest BCUT2D eigenvalue weighted by atomic mass is 9.90. The number of aliphatic hydroxyl groups is 1. The third-order valence-corrected chi connectivity index (χ3v) is 2.70. The van der Waals surface area contributed by atoms with Crippen LogP contribution in [0.2, 0.25) is 0 Å². The lowest BCUT2D eigenvalue weighted by Gasteiger charge is -2.35. The molecule has 0 bridgehead atoms. The average Bonchev–Trinajstić information content (AvgIpc) is 2.27. The van der Waals surface area contributed by atoms with Crippen molar-refractivity contribution in [1.29, 1.82) is 5.26 Å². The van der Waals surface area contributed by atoms with E-state index in [1.807, 2.05) is 0 Å². The Morgan fingerprint density at radius 2 is 2.47 bits per heavy atom. The number of hydrogen-bond acceptors (Lipinski definition) is 4. The molecule has 2 atom stereocenters. The molecule has 0 radical (unpaired) electrons. The van der Waals surface area contributed by atoms with Gasteiger partial charge in [-0.3, -0.25) is 0 Å². The number of aliphatic hydroxyl groups excluding tert-OH is 1. The van der Waals surface area contributed by atoms with E-state index in [1.165, 1.54) is 0 Å². The third kappa shape index (κ3) is 3.45. The molecule has 0 aromatic carbocycles. The van der Waals surface area contributed by atoms with E-state index in [0.29, 0.717) is 19.4 Å². The molecule has 0 spiro atoms. The van der Waals surface area contributed by atoms with E-state index in [-0.39, 0.29) is 19.3 Å². The zero-order valence-corrected chi connectivity index (χ0v) is 9.24. The molecule has 0 amide bonds. The van der Waals surface area contributed by atoms with Crippen molar-refractivity contribution in [3.05, 3.63) is 0 Å². The van der Waals surface area contributed by atoms with Gasteiger partial charge in [-0.15, -0.1) is 0 Å². The molecule has 0 aromatic rings. The maximum Gasteiger partial charge on any atom is 0.159 e. The fourth-order valence-electron chi connectivity index (χ4n) is 1.93. The van der Waals surface area contributed by atoms with Gasteiger partial charge in [0.1, 0.15) is 0 Å². The molecule has 86 valence electrons. The van der Waals surface area contributed by atoms with Crippen LogP contribution in [0.15, 0.2) is 0 Å². The summed E-state index contributed by atoms with van der Waals surface area (Å²) in [6, 6.07) is 2.23. The minimum Gasteiger partial charge on any atom is -0.394 e. The Morgan fingerprint density at radius 1 is 1.67 bits per heavy atom. The van der Waals surface area contributed by atoms with Gasteiger partial charge in [-0.25, -0.2) is 0 Å². The number of rotatable bonds is 5. The molecule has 15 heavy (non-hydrogen) atoms. The van der Waals surface area contributed by atoms with Crippen LogP contribution in [0.25, 0.3) is 0 Å². The predicted octanol–water partition coefficient (Wildman–Crippen LogP) is 1.24. The quantitative estimate of drug-likeness (QED) is 0.746.